The third-order valence-corrected chi connectivity index (χ3v) is 4.67. The second kappa shape index (κ2) is 8.52. The van der Waals surface area contributed by atoms with Gasteiger partial charge >= 0.3 is 0 Å². The molecule has 3 rings (SSSR count). The molecule has 4 heteroatoms. The summed E-state index contributed by atoms with van der Waals surface area (Å²) >= 11 is 6.46. The molecule has 0 spiro atoms. The number of hydrogen-bond donors (Lipinski definition) is 2. The maximum absolute atomic E-state index is 6.46. The monoisotopic (exact) mass is 344 g/mol. The molecule has 1 atom stereocenters. The van der Waals surface area contributed by atoms with E-state index in [1.807, 2.05) is 24.3 Å². The van der Waals surface area contributed by atoms with Gasteiger partial charge < -0.3 is 15.4 Å². The van der Waals surface area contributed by atoms with Crippen LogP contribution in [0.2, 0.25) is 5.02 Å². The summed E-state index contributed by atoms with van der Waals surface area (Å²) in [6, 6.07) is 14.6. The molecule has 0 saturated carbocycles. The Balaban J connectivity index is 1.60. The highest BCUT2D eigenvalue weighted by molar-refractivity contribution is 6.33. The van der Waals surface area contributed by atoms with Gasteiger partial charge in [0.05, 0.1) is 23.9 Å². The van der Waals surface area contributed by atoms with E-state index in [0.717, 1.165) is 36.6 Å². The Morgan fingerprint density at radius 1 is 1.12 bits per heavy atom. The summed E-state index contributed by atoms with van der Waals surface area (Å²) in [6.45, 7) is 5.45. The van der Waals surface area contributed by atoms with Gasteiger partial charge in [0.2, 0.25) is 0 Å². The molecule has 0 amide bonds. The van der Waals surface area contributed by atoms with E-state index in [4.69, 9.17) is 16.3 Å². The SMILES string of the molecule is CC(COCc1ccccc1)Nc1c(Cl)ccc2c1CCNCC2. The topological polar surface area (TPSA) is 33.3 Å². The van der Waals surface area contributed by atoms with Crippen molar-refractivity contribution in [1.82, 2.24) is 5.32 Å². The number of fused-ring (bicyclic) bond motifs is 1. The van der Waals surface area contributed by atoms with Crippen LogP contribution in [-0.4, -0.2) is 25.7 Å². The van der Waals surface area contributed by atoms with Crippen molar-refractivity contribution < 1.29 is 4.74 Å². The third-order valence-electron chi connectivity index (χ3n) is 4.35. The van der Waals surface area contributed by atoms with Crippen LogP contribution in [0.4, 0.5) is 5.69 Å². The average molecular weight is 345 g/mol. The summed E-state index contributed by atoms with van der Waals surface area (Å²) in [5.74, 6) is 0. The van der Waals surface area contributed by atoms with Crippen LogP contribution in [0.5, 0.6) is 0 Å². The van der Waals surface area contributed by atoms with Crippen LogP contribution < -0.4 is 10.6 Å². The fourth-order valence-electron chi connectivity index (χ4n) is 3.12. The highest BCUT2D eigenvalue weighted by Gasteiger charge is 2.16. The summed E-state index contributed by atoms with van der Waals surface area (Å²) in [4.78, 5) is 0. The smallest absolute Gasteiger partial charge is 0.0717 e. The van der Waals surface area contributed by atoms with Gasteiger partial charge in [0.1, 0.15) is 0 Å². The first-order valence-corrected chi connectivity index (χ1v) is 9.01. The first-order valence-electron chi connectivity index (χ1n) is 8.63. The molecule has 0 fully saturated rings. The van der Waals surface area contributed by atoms with Gasteiger partial charge in [-0.15, -0.1) is 0 Å². The summed E-state index contributed by atoms with van der Waals surface area (Å²) in [5.41, 5.74) is 5.02. The van der Waals surface area contributed by atoms with E-state index in [-0.39, 0.29) is 6.04 Å². The normalized spacial score (nSPS) is 15.4. The van der Waals surface area contributed by atoms with Crippen molar-refractivity contribution in [2.24, 2.45) is 0 Å². The highest BCUT2D eigenvalue weighted by atomic mass is 35.5. The quantitative estimate of drug-likeness (QED) is 0.829. The summed E-state index contributed by atoms with van der Waals surface area (Å²) in [7, 11) is 0. The molecule has 1 aliphatic heterocycles. The molecule has 2 aromatic rings. The van der Waals surface area contributed by atoms with Crippen LogP contribution in [0.25, 0.3) is 0 Å². The zero-order valence-corrected chi connectivity index (χ0v) is 14.9. The van der Waals surface area contributed by atoms with Gasteiger partial charge in [-0.2, -0.15) is 0 Å². The second-order valence-corrected chi connectivity index (χ2v) is 6.76. The number of hydrogen-bond acceptors (Lipinski definition) is 3. The van der Waals surface area contributed by atoms with Crippen molar-refractivity contribution in [1.29, 1.82) is 0 Å². The van der Waals surface area contributed by atoms with Crippen molar-refractivity contribution in [3.8, 4) is 0 Å². The van der Waals surface area contributed by atoms with Gasteiger partial charge in [0, 0.05) is 6.04 Å². The van der Waals surface area contributed by atoms with Gasteiger partial charge in [-0.05, 0) is 55.6 Å². The third kappa shape index (κ3) is 4.50. The Labute approximate surface area is 149 Å². The summed E-state index contributed by atoms with van der Waals surface area (Å²) in [6.07, 6.45) is 2.07. The minimum absolute atomic E-state index is 0.203. The zero-order chi connectivity index (χ0) is 16.8. The van der Waals surface area contributed by atoms with Crippen LogP contribution in [-0.2, 0) is 24.2 Å². The van der Waals surface area contributed by atoms with Crippen molar-refractivity contribution in [2.45, 2.75) is 32.4 Å². The summed E-state index contributed by atoms with van der Waals surface area (Å²) < 4.78 is 5.84. The van der Waals surface area contributed by atoms with Gasteiger partial charge in [0.25, 0.3) is 0 Å². The maximum Gasteiger partial charge on any atom is 0.0717 e. The predicted octanol–water partition coefficient (Wildman–Crippen LogP) is 4.05. The molecule has 24 heavy (non-hydrogen) atoms. The Morgan fingerprint density at radius 3 is 2.75 bits per heavy atom. The fourth-order valence-corrected chi connectivity index (χ4v) is 3.35. The first kappa shape index (κ1) is 17.3. The highest BCUT2D eigenvalue weighted by Crippen LogP contribution is 2.31. The largest absolute Gasteiger partial charge is 0.379 e. The van der Waals surface area contributed by atoms with Crippen LogP contribution in [0.3, 0.4) is 0 Å². The zero-order valence-electron chi connectivity index (χ0n) is 14.1. The van der Waals surface area contributed by atoms with Crippen molar-refractivity contribution >= 4 is 17.3 Å². The molecule has 0 radical (unpaired) electrons. The minimum atomic E-state index is 0.203. The Hall–Kier alpha value is -1.55. The maximum atomic E-state index is 6.46. The molecule has 0 saturated heterocycles. The lowest BCUT2D eigenvalue weighted by atomic mass is 10.0. The van der Waals surface area contributed by atoms with E-state index < -0.39 is 0 Å². The van der Waals surface area contributed by atoms with E-state index in [9.17, 15) is 0 Å². The van der Waals surface area contributed by atoms with Gasteiger partial charge in [-0.3, -0.25) is 0 Å². The molecule has 3 nitrogen and oxygen atoms in total. The molecule has 1 aliphatic rings. The van der Waals surface area contributed by atoms with Gasteiger partial charge in [-0.1, -0.05) is 48.0 Å². The number of nitrogens with one attached hydrogen (secondary N) is 2. The van der Waals surface area contributed by atoms with Crippen LogP contribution >= 0.6 is 11.6 Å². The van der Waals surface area contributed by atoms with Crippen LogP contribution in [0.15, 0.2) is 42.5 Å². The molecule has 128 valence electrons. The Bertz CT molecular complexity index is 660. The standard InChI is InChI=1S/C20H25ClN2O/c1-15(13-24-14-16-5-3-2-4-6-16)23-20-18-10-12-22-11-9-17(18)7-8-19(20)21/h2-8,15,22-23H,9-14H2,1H3. The lowest BCUT2D eigenvalue weighted by Gasteiger charge is -2.21. The molecule has 2 aromatic carbocycles. The van der Waals surface area contributed by atoms with E-state index in [1.54, 1.807) is 0 Å². The molecule has 0 aliphatic carbocycles. The predicted molar refractivity (Wildman–Crippen MR) is 101 cm³/mol. The number of halogens is 1. The Kier molecular flexibility index (Phi) is 6.13. The fraction of sp³-hybridized carbons (Fsp3) is 0.400. The van der Waals surface area contributed by atoms with Crippen LogP contribution in [0, 0.1) is 0 Å². The van der Waals surface area contributed by atoms with Gasteiger partial charge in [-0.25, -0.2) is 0 Å². The lowest BCUT2D eigenvalue weighted by molar-refractivity contribution is 0.115. The summed E-state index contributed by atoms with van der Waals surface area (Å²) in [5, 5.41) is 7.82. The molecular weight excluding hydrogens is 320 g/mol. The number of rotatable bonds is 6. The average Bonchev–Trinajstić information content (AvgIpc) is 2.84. The molecule has 2 N–H and O–H groups in total. The van der Waals surface area contributed by atoms with E-state index in [0.29, 0.717) is 13.2 Å². The molecule has 0 aromatic heterocycles. The van der Waals surface area contributed by atoms with Crippen molar-refractivity contribution in [2.75, 3.05) is 25.0 Å². The minimum Gasteiger partial charge on any atom is -0.379 e. The van der Waals surface area contributed by atoms with E-state index in [1.165, 1.54) is 16.7 Å². The Morgan fingerprint density at radius 2 is 1.92 bits per heavy atom. The van der Waals surface area contributed by atoms with Crippen molar-refractivity contribution in [3.05, 3.63) is 64.2 Å². The number of benzene rings is 2. The number of anilines is 1. The molecule has 0 bridgehead atoms. The van der Waals surface area contributed by atoms with Crippen LogP contribution in [0.1, 0.15) is 23.6 Å². The molecule has 1 unspecified atom stereocenters. The molecular formula is C20H25ClN2O. The van der Waals surface area contributed by atoms with E-state index in [2.05, 4.69) is 35.8 Å². The van der Waals surface area contributed by atoms with Gasteiger partial charge in [0.15, 0.2) is 0 Å². The number of ether oxygens (including phenoxy) is 1. The van der Waals surface area contributed by atoms with Crippen molar-refractivity contribution in [3.63, 3.8) is 0 Å². The molecule has 1 heterocycles. The second-order valence-electron chi connectivity index (χ2n) is 6.36. The first-order chi connectivity index (χ1) is 11.7. The van der Waals surface area contributed by atoms with E-state index >= 15 is 0 Å². The lowest BCUT2D eigenvalue weighted by Crippen LogP contribution is -2.23.